The molecule has 6 heteroatoms. The summed E-state index contributed by atoms with van der Waals surface area (Å²) in [7, 11) is 0. The van der Waals surface area contributed by atoms with Crippen LogP contribution in [0.4, 0.5) is 0 Å². The topological polar surface area (TPSA) is 93.1 Å². The van der Waals surface area contributed by atoms with E-state index in [2.05, 4.69) is 4.74 Å². The van der Waals surface area contributed by atoms with Gasteiger partial charge >= 0.3 is 11.9 Å². The Morgan fingerprint density at radius 3 is 2.80 bits per heavy atom. The normalized spacial score (nSPS) is 22.9. The monoisotopic (exact) mass is 218 g/mol. The number of ether oxygens (including phenoxy) is 2. The standard InChI is InChI=1S/C9H14O6/c10-4-7(11)5-14-2-1-6-3-8(12)15-9(6)13/h6-7,10-11H,1-5H2. The lowest BCUT2D eigenvalue weighted by Gasteiger charge is -2.09. The molecule has 86 valence electrons. The lowest BCUT2D eigenvalue weighted by molar-refractivity contribution is -0.153. The van der Waals surface area contributed by atoms with Crippen molar-refractivity contribution in [2.24, 2.45) is 5.92 Å². The maximum atomic E-state index is 11.0. The van der Waals surface area contributed by atoms with E-state index in [0.717, 1.165) is 0 Å². The van der Waals surface area contributed by atoms with Gasteiger partial charge in [-0.25, -0.2) is 0 Å². The molecule has 1 aliphatic heterocycles. The number of hydrogen-bond acceptors (Lipinski definition) is 6. The van der Waals surface area contributed by atoms with Crippen LogP contribution in [0.15, 0.2) is 0 Å². The van der Waals surface area contributed by atoms with Gasteiger partial charge in [0.05, 0.1) is 25.6 Å². The Morgan fingerprint density at radius 1 is 1.53 bits per heavy atom. The molecule has 0 spiro atoms. The highest BCUT2D eigenvalue weighted by Gasteiger charge is 2.32. The highest BCUT2D eigenvalue weighted by Crippen LogP contribution is 2.19. The predicted molar refractivity (Wildman–Crippen MR) is 47.7 cm³/mol. The van der Waals surface area contributed by atoms with Crippen molar-refractivity contribution in [1.29, 1.82) is 0 Å². The number of esters is 2. The van der Waals surface area contributed by atoms with Crippen molar-refractivity contribution in [1.82, 2.24) is 0 Å². The summed E-state index contributed by atoms with van der Waals surface area (Å²) in [5.41, 5.74) is 0. The quantitative estimate of drug-likeness (QED) is 0.332. The van der Waals surface area contributed by atoms with Gasteiger partial charge in [0, 0.05) is 6.61 Å². The van der Waals surface area contributed by atoms with Gasteiger partial charge in [0.15, 0.2) is 0 Å². The van der Waals surface area contributed by atoms with Gasteiger partial charge in [0.2, 0.25) is 0 Å². The Labute approximate surface area is 86.8 Å². The minimum atomic E-state index is -0.901. The summed E-state index contributed by atoms with van der Waals surface area (Å²) in [6.07, 6.45) is -0.407. The van der Waals surface area contributed by atoms with E-state index < -0.39 is 24.0 Å². The number of carbonyl (C=O) groups excluding carboxylic acids is 2. The molecule has 1 heterocycles. The highest BCUT2D eigenvalue weighted by molar-refractivity contribution is 5.94. The number of hydrogen-bond donors (Lipinski definition) is 2. The molecule has 1 rings (SSSR count). The van der Waals surface area contributed by atoms with Crippen molar-refractivity contribution < 1.29 is 29.3 Å². The molecule has 0 aliphatic carbocycles. The molecule has 2 unspecified atom stereocenters. The molecule has 0 bridgehead atoms. The van der Waals surface area contributed by atoms with E-state index in [0.29, 0.717) is 6.42 Å². The van der Waals surface area contributed by atoms with E-state index in [9.17, 15) is 9.59 Å². The zero-order valence-electron chi connectivity index (χ0n) is 8.22. The molecular formula is C9H14O6. The summed E-state index contributed by atoms with van der Waals surface area (Å²) in [5.74, 6) is -1.43. The fourth-order valence-corrected chi connectivity index (χ4v) is 1.24. The Bertz CT molecular complexity index is 239. The first-order valence-electron chi connectivity index (χ1n) is 4.74. The highest BCUT2D eigenvalue weighted by atomic mass is 16.6. The Morgan fingerprint density at radius 2 is 2.27 bits per heavy atom. The van der Waals surface area contributed by atoms with Crippen LogP contribution in [0.3, 0.4) is 0 Å². The number of rotatable bonds is 6. The molecule has 2 N–H and O–H groups in total. The minimum Gasteiger partial charge on any atom is -0.394 e. The van der Waals surface area contributed by atoms with Crippen molar-refractivity contribution in [3.63, 3.8) is 0 Å². The molecule has 0 aromatic carbocycles. The fraction of sp³-hybridized carbons (Fsp3) is 0.778. The molecule has 0 amide bonds. The Kier molecular flexibility index (Phi) is 4.67. The molecule has 1 fully saturated rings. The van der Waals surface area contributed by atoms with Crippen LogP contribution < -0.4 is 0 Å². The minimum absolute atomic E-state index is 0.0201. The van der Waals surface area contributed by atoms with E-state index in [1.54, 1.807) is 0 Å². The van der Waals surface area contributed by atoms with Crippen LogP contribution >= 0.6 is 0 Å². The smallest absolute Gasteiger partial charge is 0.317 e. The molecule has 0 saturated carbocycles. The summed E-state index contributed by atoms with van der Waals surface area (Å²) in [6.45, 7) is -0.0831. The fourth-order valence-electron chi connectivity index (χ4n) is 1.24. The maximum absolute atomic E-state index is 11.0. The summed E-state index contributed by atoms with van der Waals surface area (Å²) in [5, 5.41) is 17.4. The number of aliphatic hydroxyl groups is 2. The van der Waals surface area contributed by atoms with Gasteiger partial charge in [0.25, 0.3) is 0 Å². The summed E-state index contributed by atoms with van der Waals surface area (Å²) >= 11 is 0. The van der Waals surface area contributed by atoms with Gasteiger partial charge in [-0.15, -0.1) is 0 Å². The first-order valence-corrected chi connectivity index (χ1v) is 4.74. The third-order valence-electron chi connectivity index (χ3n) is 2.09. The van der Waals surface area contributed by atoms with E-state index in [4.69, 9.17) is 14.9 Å². The average Bonchev–Trinajstić information content (AvgIpc) is 2.52. The summed E-state index contributed by atoms with van der Waals surface area (Å²) < 4.78 is 9.35. The molecule has 15 heavy (non-hydrogen) atoms. The van der Waals surface area contributed by atoms with E-state index >= 15 is 0 Å². The van der Waals surface area contributed by atoms with Crippen LogP contribution in [0.1, 0.15) is 12.8 Å². The number of aliphatic hydroxyl groups excluding tert-OH is 2. The van der Waals surface area contributed by atoms with Gasteiger partial charge in [-0.05, 0) is 6.42 Å². The molecule has 1 saturated heterocycles. The van der Waals surface area contributed by atoms with Gasteiger partial charge in [0.1, 0.15) is 6.10 Å². The van der Waals surface area contributed by atoms with E-state index in [1.165, 1.54) is 0 Å². The van der Waals surface area contributed by atoms with Crippen molar-refractivity contribution in [2.45, 2.75) is 18.9 Å². The molecule has 0 aromatic rings. The Hall–Kier alpha value is -0.980. The number of carbonyl (C=O) groups is 2. The van der Waals surface area contributed by atoms with Gasteiger partial charge in [-0.3, -0.25) is 9.59 Å². The van der Waals surface area contributed by atoms with Crippen molar-refractivity contribution in [3.8, 4) is 0 Å². The van der Waals surface area contributed by atoms with Crippen LogP contribution in [-0.4, -0.2) is 48.1 Å². The SMILES string of the molecule is O=C1CC(CCOCC(O)CO)C(=O)O1. The third-order valence-corrected chi connectivity index (χ3v) is 2.09. The van der Waals surface area contributed by atoms with Crippen molar-refractivity contribution >= 4 is 11.9 Å². The van der Waals surface area contributed by atoms with E-state index in [1.807, 2.05) is 0 Å². The maximum Gasteiger partial charge on any atom is 0.317 e. The second kappa shape index (κ2) is 5.79. The lowest BCUT2D eigenvalue weighted by Crippen LogP contribution is -2.20. The van der Waals surface area contributed by atoms with Crippen LogP contribution in [0.5, 0.6) is 0 Å². The van der Waals surface area contributed by atoms with E-state index in [-0.39, 0.29) is 26.2 Å². The van der Waals surface area contributed by atoms with Gasteiger partial charge < -0.3 is 19.7 Å². The van der Waals surface area contributed by atoms with Crippen LogP contribution in [-0.2, 0) is 19.1 Å². The first-order chi connectivity index (χ1) is 7.13. The second-order valence-electron chi connectivity index (χ2n) is 3.39. The van der Waals surface area contributed by atoms with Gasteiger partial charge in [-0.2, -0.15) is 0 Å². The van der Waals surface area contributed by atoms with Crippen LogP contribution in [0.2, 0.25) is 0 Å². The zero-order chi connectivity index (χ0) is 11.3. The Balaban J connectivity index is 2.10. The largest absolute Gasteiger partial charge is 0.394 e. The summed E-state index contributed by atoms with van der Waals surface area (Å²) in [6, 6.07) is 0. The zero-order valence-corrected chi connectivity index (χ0v) is 8.22. The average molecular weight is 218 g/mol. The first kappa shape index (κ1) is 12.1. The molecule has 2 atom stereocenters. The lowest BCUT2D eigenvalue weighted by atomic mass is 10.1. The number of cyclic esters (lactones) is 2. The van der Waals surface area contributed by atoms with Gasteiger partial charge in [-0.1, -0.05) is 0 Å². The molecule has 6 nitrogen and oxygen atoms in total. The molecule has 0 radical (unpaired) electrons. The predicted octanol–water partition coefficient (Wildman–Crippen LogP) is -1.16. The second-order valence-corrected chi connectivity index (χ2v) is 3.39. The summed E-state index contributed by atoms with van der Waals surface area (Å²) in [4.78, 5) is 21.7. The van der Waals surface area contributed by atoms with Crippen molar-refractivity contribution in [3.05, 3.63) is 0 Å². The third kappa shape index (κ3) is 3.94. The molecule has 1 aliphatic rings. The van der Waals surface area contributed by atoms with Crippen LogP contribution in [0.25, 0.3) is 0 Å². The van der Waals surface area contributed by atoms with Crippen molar-refractivity contribution in [2.75, 3.05) is 19.8 Å². The molecular weight excluding hydrogens is 204 g/mol. The molecule has 0 aromatic heterocycles. The van der Waals surface area contributed by atoms with Crippen LogP contribution in [0, 0.1) is 5.92 Å².